The molecule has 0 spiro atoms. The van der Waals surface area contributed by atoms with Gasteiger partial charge in [-0.3, -0.25) is 0 Å². The Hall–Kier alpha value is -3.88. The van der Waals surface area contributed by atoms with Gasteiger partial charge in [-0.25, -0.2) is 4.79 Å². The Kier molecular flexibility index (Phi) is 6.51. The van der Waals surface area contributed by atoms with Crippen molar-refractivity contribution < 1.29 is 9.53 Å². The highest BCUT2D eigenvalue weighted by molar-refractivity contribution is 5.69. The standard InChI is InChI=1S/C28H33N7O2/c1-2-37-28(36)33-19-17-32(18-20-33)25-29-26(34-15-7-11-21-9-3-5-13-23(21)34)31-27(30-25)35-16-8-12-22-10-4-6-14-24(22)35/h3-6,9-10,13-14H,2,7-8,11-12,15-20H2,1H3. The van der Waals surface area contributed by atoms with Gasteiger partial charge in [0.2, 0.25) is 17.8 Å². The SMILES string of the molecule is CCOC(=O)N1CCN(c2nc(N3CCCc4ccccc43)nc(N3CCCc4ccccc43)n2)CC1. The van der Waals surface area contributed by atoms with Gasteiger partial charge in [-0.1, -0.05) is 36.4 Å². The molecule has 0 aliphatic carbocycles. The van der Waals surface area contributed by atoms with E-state index in [0.717, 1.165) is 38.8 Å². The molecule has 0 radical (unpaired) electrons. The number of hydrogen-bond acceptors (Lipinski definition) is 8. The number of piperazine rings is 1. The molecule has 9 heteroatoms. The van der Waals surface area contributed by atoms with E-state index in [2.05, 4.69) is 63.2 Å². The lowest BCUT2D eigenvalue weighted by Gasteiger charge is -2.36. The Balaban J connectivity index is 1.37. The average Bonchev–Trinajstić information content (AvgIpc) is 2.96. The Labute approximate surface area is 217 Å². The summed E-state index contributed by atoms with van der Waals surface area (Å²) >= 11 is 0. The highest BCUT2D eigenvalue weighted by Gasteiger charge is 2.29. The molecule has 0 saturated carbocycles. The van der Waals surface area contributed by atoms with E-state index in [1.807, 2.05) is 6.92 Å². The summed E-state index contributed by atoms with van der Waals surface area (Å²) in [5.41, 5.74) is 4.98. The van der Waals surface area contributed by atoms with Crippen LogP contribution in [0.25, 0.3) is 0 Å². The van der Waals surface area contributed by atoms with Gasteiger partial charge in [0.1, 0.15) is 0 Å². The second-order valence-electron chi connectivity index (χ2n) is 9.68. The van der Waals surface area contributed by atoms with E-state index in [-0.39, 0.29) is 6.09 Å². The number of anilines is 5. The molecule has 37 heavy (non-hydrogen) atoms. The van der Waals surface area contributed by atoms with Gasteiger partial charge in [-0.15, -0.1) is 0 Å². The van der Waals surface area contributed by atoms with Crippen LogP contribution in [0.1, 0.15) is 30.9 Å². The number of aromatic nitrogens is 3. The number of ether oxygens (including phenoxy) is 1. The molecule has 3 aliphatic rings. The molecule has 1 saturated heterocycles. The minimum absolute atomic E-state index is 0.256. The van der Waals surface area contributed by atoms with Crippen LogP contribution in [0.3, 0.4) is 0 Å². The van der Waals surface area contributed by atoms with E-state index in [0.29, 0.717) is 50.6 Å². The summed E-state index contributed by atoms with van der Waals surface area (Å²) in [6, 6.07) is 17.1. The molecule has 3 aliphatic heterocycles. The van der Waals surface area contributed by atoms with Crippen LogP contribution < -0.4 is 14.7 Å². The summed E-state index contributed by atoms with van der Waals surface area (Å²) in [7, 11) is 0. The minimum atomic E-state index is -0.256. The predicted octanol–water partition coefficient (Wildman–Crippen LogP) is 4.32. The summed E-state index contributed by atoms with van der Waals surface area (Å²) in [5, 5.41) is 0. The fourth-order valence-electron chi connectivity index (χ4n) is 5.51. The third-order valence-electron chi connectivity index (χ3n) is 7.39. The highest BCUT2D eigenvalue weighted by Crippen LogP contribution is 2.36. The monoisotopic (exact) mass is 499 g/mol. The van der Waals surface area contributed by atoms with Crippen LogP contribution in [0, 0.1) is 0 Å². The fourth-order valence-corrected chi connectivity index (χ4v) is 5.51. The third-order valence-corrected chi connectivity index (χ3v) is 7.39. The summed E-state index contributed by atoms with van der Waals surface area (Å²) in [6.45, 7) is 6.40. The Morgan fingerprint density at radius 3 is 1.78 bits per heavy atom. The molecule has 1 amide bonds. The van der Waals surface area contributed by atoms with Gasteiger partial charge in [0, 0.05) is 50.6 Å². The largest absolute Gasteiger partial charge is 0.450 e. The van der Waals surface area contributed by atoms with Crippen molar-refractivity contribution in [2.45, 2.75) is 32.6 Å². The number of carbonyl (C=O) groups excluding carboxylic acids is 1. The molecule has 0 unspecified atom stereocenters. The average molecular weight is 500 g/mol. The van der Waals surface area contributed by atoms with E-state index in [4.69, 9.17) is 19.7 Å². The molecule has 3 aromatic rings. The second kappa shape index (κ2) is 10.2. The lowest BCUT2D eigenvalue weighted by molar-refractivity contribution is 0.105. The zero-order chi connectivity index (χ0) is 25.2. The van der Waals surface area contributed by atoms with Crippen molar-refractivity contribution in [1.82, 2.24) is 19.9 Å². The van der Waals surface area contributed by atoms with Crippen LogP contribution in [0.2, 0.25) is 0 Å². The molecule has 1 aromatic heterocycles. The van der Waals surface area contributed by atoms with E-state index < -0.39 is 0 Å². The first-order valence-electron chi connectivity index (χ1n) is 13.3. The van der Waals surface area contributed by atoms with E-state index in [9.17, 15) is 4.79 Å². The fraction of sp³-hybridized carbons (Fsp3) is 0.429. The lowest BCUT2D eigenvalue weighted by Crippen LogP contribution is -2.49. The molecule has 192 valence electrons. The van der Waals surface area contributed by atoms with E-state index in [1.165, 1.54) is 22.5 Å². The van der Waals surface area contributed by atoms with Crippen molar-refractivity contribution >= 4 is 35.3 Å². The van der Waals surface area contributed by atoms with Crippen LogP contribution in [0.15, 0.2) is 48.5 Å². The predicted molar refractivity (Wildman–Crippen MR) is 144 cm³/mol. The number of hydrogen-bond donors (Lipinski definition) is 0. The van der Waals surface area contributed by atoms with Gasteiger partial charge in [-0.05, 0) is 55.9 Å². The molecule has 1 fully saturated rings. The molecule has 9 nitrogen and oxygen atoms in total. The zero-order valence-corrected chi connectivity index (χ0v) is 21.3. The third kappa shape index (κ3) is 4.65. The highest BCUT2D eigenvalue weighted by atomic mass is 16.6. The smallest absolute Gasteiger partial charge is 0.409 e. The van der Waals surface area contributed by atoms with Crippen LogP contribution in [-0.2, 0) is 17.6 Å². The number of rotatable bonds is 4. The topological polar surface area (TPSA) is 77.9 Å². The van der Waals surface area contributed by atoms with Gasteiger partial charge in [0.15, 0.2) is 0 Å². The molecular weight excluding hydrogens is 466 g/mol. The van der Waals surface area contributed by atoms with E-state index in [1.54, 1.807) is 4.90 Å². The number of aryl methyl sites for hydroxylation is 2. The van der Waals surface area contributed by atoms with Gasteiger partial charge in [0.25, 0.3) is 0 Å². The van der Waals surface area contributed by atoms with Crippen LogP contribution in [-0.4, -0.2) is 71.8 Å². The molecule has 4 heterocycles. The quantitative estimate of drug-likeness (QED) is 0.525. The second-order valence-corrected chi connectivity index (χ2v) is 9.68. The van der Waals surface area contributed by atoms with Crippen LogP contribution >= 0.6 is 0 Å². The zero-order valence-electron chi connectivity index (χ0n) is 21.3. The first-order chi connectivity index (χ1) is 18.2. The molecule has 0 N–H and O–H groups in total. The molecule has 0 bridgehead atoms. The lowest BCUT2D eigenvalue weighted by atomic mass is 10.0. The Morgan fingerprint density at radius 1 is 0.730 bits per heavy atom. The maximum atomic E-state index is 12.2. The summed E-state index contributed by atoms with van der Waals surface area (Å²) in [6.07, 6.45) is 3.98. The normalized spacial score (nSPS) is 17.3. The Morgan fingerprint density at radius 2 is 1.24 bits per heavy atom. The van der Waals surface area contributed by atoms with Crippen molar-refractivity contribution in [1.29, 1.82) is 0 Å². The minimum Gasteiger partial charge on any atom is -0.450 e. The number of nitrogens with zero attached hydrogens (tertiary/aromatic N) is 7. The maximum absolute atomic E-state index is 12.2. The summed E-state index contributed by atoms with van der Waals surface area (Å²) in [4.78, 5) is 35.7. The molecule has 6 rings (SSSR count). The van der Waals surface area contributed by atoms with Gasteiger partial charge >= 0.3 is 6.09 Å². The van der Waals surface area contributed by atoms with E-state index >= 15 is 0 Å². The van der Waals surface area contributed by atoms with Crippen LogP contribution in [0.5, 0.6) is 0 Å². The van der Waals surface area contributed by atoms with Crippen molar-refractivity contribution in [3.63, 3.8) is 0 Å². The maximum Gasteiger partial charge on any atom is 0.409 e. The molecule has 0 atom stereocenters. The molecule has 2 aromatic carbocycles. The number of benzene rings is 2. The summed E-state index contributed by atoms with van der Waals surface area (Å²) < 4.78 is 5.20. The number of para-hydroxylation sites is 2. The first-order valence-corrected chi connectivity index (χ1v) is 13.3. The number of fused-ring (bicyclic) bond motifs is 2. The first kappa shape index (κ1) is 23.5. The van der Waals surface area contributed by atoms with Crippen LogP contribution in [0.4, 0.5) is 34.0 Å². The van der Waals surface area contributed by atoms with Crippen molar-refractivity contribution in [3.05, 3.63) is 59.7 Å². The van der Waals surface area contributed by atoms with Gasteiger partial charge in [-0.2, -0.15) is 15.0 Å². The Bertz CT molecular complexity index is 1200. The van der Waals surface area contributed by atoms with Gasteiger partial charge < -0.3 is 24.3 Å². The molecular formula is C28H33N7O2. The summed E-state index contributed by atoms with van der Waals surface area (Å²) in [5.74, 6) is 2.03. The number of carbonyl (C=O) groups is 1. The van der Waals surface area contributed by atoms with Gasteiger partial charge in [0.05, 0.1) is 6.61 Å². The van der Waals surface area contributed by atoms with Crippen molar-refractivity contribution in [2.24, 2.45) is 0 Å². The van der Waals surface area contributed by atoms with Crippen molar-refractivity contribution in [3.8, 4) is 0 Å². The number of amides is 1. The van der Waals surface area contributed by atoms with Crippen molar-refractivity contribution in [2.75, 3.05) is 60.6 Å².